The van der Waals surface area contributed by atoms with Crippen molar-refractivity contribution in [1.82, 2.24) is 15.1 Å². The maximum absolute atomic E-state index is 5.97. The molecule has 1 aromatic carbocycles. The van der Waals surface area contributed by atoms with Crippen molar-refractivity contribution in [1.29, 1.82) is 0 Å². The van der Waals surface area contributed by atoms with Crippen molar-refractivity contribution >= 4 is 0 Å². The summed E-state index contributed by atoms with van der Waals surface area (Å²) in [6.07, 6.45) is 4.09. The number of hydrogen-bond donors (Lipinski definition) is 1. The third kappa shape index (κ3) is 4.97. The molecule has 2 heterocycles. The molecule has 0 radical (unpaired) electrons. The quantitative estimate of drug-likeness (QED) is 0.869. The summed E-state index contributed by atoms with van der Waals surface area (Å²) in [5.41, 5.74) is 1.36. The summed E-state index contributed by atoms with van der Waals surface area (Å²) >= 11 is 0. The van der Waals surface area contributed by atoms with Gasteiger partial charge in [0.25, 0.3) is 0 Å². The zero-order valence-electron chi connectivity index (χ0n) is 13.6. The molecule has 0 bridgehead atoms. The number of ether oxygens (including phenoxy) is 1. The summed E-state index contributed by atoms with van der Waals surface area (Å²) in [5.74, 6) is 1.02. The van der Waals surface area contributed by atoms with E-state index in [0.717, 1.165) is 51.6 Å². The largest absolute Gasteiger partial charge is 0.492 e. The lowest BCUT2D eigenvalue weighted by molar-refractivity contribution is 0.183. The molecule has 2 saturated heterocycles. The molecule has 0 spiro atoms. The van der Waals surface area contributed by atoms with E-state index in [0.29, 0.717) is 0 Å². The molecule has 2 aliphatic rings. The molecule has 0 aromatic heterocycles. The molecule has 2 fully saturated rings. The smallest absolute Gasteiger partial charge is 0.119 e. The summed E-state index contributed by atoms with van der Waals surface area (Å²) < 4.78 is 5.97. The maximum Gasteiger partial charge on any atom is 0.119 e. The Morgan fingerprint density at radius 3 is 2.59 bits per heavy atom. The number of benzene rings is 1. The molecular formula is C18H29N3O. The molecular weight excluding hydrogens is 274 g/mol. The lowest BCUT2D eigenvalue weighted by Gasteiger charge is -2.27. The van der Waals surface area contributed by atoms with Crippen molar-refractivity contribution < 1.29 is 4.74 Å². The second-order valence-electron chi connectivity index (χ2n) is 6.42. The first-order chi connectivity index (χ1) is 10.9. The second kappa shape index (κ2) is 8.51. The highest BCUT2D eigenvalue weighted by atomic mass is 16.5. The Morgan fingerprint density at radius 2 is 1.77 bits per heavy atom. The molecule has 4 nitrogen and oxygen atoms in total. The monoisotopic (exact) mass is 303 g/mol. The van der Waals surface area contributed by atoms with Crippen LogP contribution in [-0.4, -0.2) is 62.2 Å². The summed E-state index contributed by atoms with van der Waals surface area (Å²) in [4.78, 5) is 5.03. The molecule has 2 aliphatic heterocycles. The first-order valence-electron chi connectivity index (χ1n) is 8.77. The number of hydrogen-bond acceptors (Lipinski definition) is 4. The van der Waals surface area contributed by atoms with Gasteiger partial charge >= 0.3 is 0 Å². The number of piperidine rings is 1. The normalized spacial score (nSPS) is 20.9. The molecule has 0 aliphatic carbocycles. The minimum Gasteiger partial charge on any atom is -0.492 e. The van der Waals surface area contributed by atoms with Gasteiger partial charge in [-0.3, -0.25) is 9.80 Å². The zero-order chi connectivity index (χ0) is 15.0. The van der Waals surface area contributed by atoms with Crippen molar-refractivity contribution in [2.45, 2.75) is 25.8 Å². The Kier molecular flexibility index (Phi) is 6.11. The van der Waals surface area contributed by atoms with E-state index in [-0.39, 0.29) is 0 Å². The Balaban J connectivity index is 1.43. The predicted molar refractivity (Wildman–Crippen MR) is 90.4 cm³/mol. The number of rotatable bonds is 6. The average Bonchev–Trinajstić information content (AvgIpc) is 2.57. The zero-order valence-corrected chi connectivity index (χ0v) is 13.6. The lowest BCUT2D eigenvalue weighted by Crippen LogP contribution is -2.42. The van der Waals surface area contributed by atoms with Gasteiger partial charge in [-0.05, 0) is 43.6 Å². The summed E-state index contributed by atoms with van der Waals surface area (Å²) in [6.45, 7) is 9.86. The fourth-order valence-electron chi connectivity index (χ4n) is 3.34. The fourth-order valence-corrected chi connectivity index (χ4v) is 3.34. The lowest BCUT2D eigenvalue weighted by atomic mass is 10.1. The molecule has 122 valence electrons. The molecule has 0 amide bonds. The van der Waals surface area contributed by atoms with Gasteiger partial charge in [-0.1, -0.05) is 18.6 Å². The van der Waals surface area contributed by atoms with Crippen molar-refractivity contribution in [3.8, 4) is 5.75 Å². The van der Waals surface area contributed by atoms with E-state index in [1.54, 1.807) is 0 Å². The van der Waals surface area contributed by atoms with Gasteiger partial charge in [0.2, 0.25) is 0 Å². The van der Waals surface area contributed by atoms with Crippen LogP contribution in [0.4, 0.5) is 0 Å². The minimum absolute atomic E-state index is 0.803. The van der Waals surface area contributed by atoms with Gasteiger partial charge in [-0.2, -0.15) is 0 Å². The van der Waals surface area contributed by atoms with Crippen molar-refractivity contribution in [3.63, 3.8) is 0 Å². The molecule has 4 heteroatoms. The van der Waals surface area contributed by atoms with Gasteiger partial charge in [0.05, 0.1) is 0 Å². The highest BCUT2D eigenvalue weighted by Crippen LogP contribution is 2.16. The molecule has 1 aromatic rings. The van der Waals surface area contributed by atoms with Crippen LogP contribution in [0, 0.1) is 0 Å². The molecule has 1 N–H and O–H groups in total. The third-order valence-corrected chi connectivity index (χ3v) is 4.64. The fraction of sp³-hybridized carbons (Fsp3) is 0.667. The molecule has 0 saturated carbocycles. The van der Waals surface area contributed by atoms with Crippen molar-refractivity contribution in [2.24, 2.45) is 0 Å². The van der Waals surface area contributed by atoms with E-state index in [1.807, 2.05) is 0 Å². The molecule has 0 unspecified atom stereocenters. The van der Waals surface area contributed by atoms with Crippen LogP contribution in [0.15, 0.2) is 24.3 Å². The minimum atomic E-state index is 0.803. The van der Waals surface area contributed by atoms with Crippen LogP contribution in [0.3, 0.4) is 0 Å². The third-order valence-electron chi connectivity index (χ3n) is 4.64. The number of nitrogens with zero attached hydrogens (tertiary/aromatic N) is 2. The number of likely N-dealkylation sites (tertiary alicyclic amines) is 1. The van der Waals surface area contributed by atoms with Crippen LogP contribution in [0.5, 0.6) is 5.75 Å². The van der Waals surface area contributed by atoms with E-state index in [2.05, 4.69) is 39.4 Å². The standard InChI is InChI=1S/C18H29N3O/c1-2-9-20(10-3-1)13-14-22-18-6-4-5-17(15-18)16-21-11-7-19-8-12-21/h4-6,15,19H,1-3,7-14,16H2. The first-order valence-corrected chi connectivity index (χ1v) is 8.77. The van der Waals surface area contributed by atoms with E-state index >= 15 is 0 Å². The first kappa shape index (κ1) is 15.8. The summed E-state index contributed by atoms with van der Waals surface area (Å²) in [7, 11) is 0. The van der Waals surface area contributed by atoms with E-state index < -0.39 is 0 Å². The summed E-state index contributed by atoms with van der Waals surface area (Å²) in [5, 5.41) is 3.40. The number of piperazine rings is 1. The Bertz CT molecular complexity index is 440. The van der Waals surface area contributed by atoms with Gasteiger partial charge in [0.15, 0.2) is 0 Å². The van der Waals surface area contributed by atoms with Crippen LogP contribution in [-0.2, 0) is 6.54 Å². The molecule has 3 rings (SSSR count). The molecule has 22 heavy (non-hydrogen) atoms. The highest BCUT2D eigenvalue weighted by Gasteiger charge is 2.11. The van der Waals surface area contributed by atoms with E-state index in [4.69, 9.17) is 4.74 Å². The van der Waals surface area contributed by atoms with Gasteiger partial charge in [0, 0.05) is 39.3 Å². The van der Waals surface area contributed by atoms with Crippen LogP contribution in [0.1, 0.15) is 24.8 Å². The van der Waals surface area contributed by atoms with Gasteiger partial charge in [-0.25, -0.2) is 0 Å². The maximum atomic E-state index is 5.97. The van der Waals surface area contributed by atoms with Crippen LogP contribution in [0.2, 0.25) is 0 Å². The Morgan fingerprint density at radius 1 is 0.955 bits per heavy atom. The van der Waals surface area contributed by atoms with Gasteiger partial charge in [0.1, 0.15) is 12.4 Å². The molecule has 0 atom stereocenters. The number of nitrogens with one attached hydrogen (secondary N) is 1. The Hall–Kier alpha value is -1.10. The van der Waals surface area contributed by atoms with Crippen molar-refractivity contribution in [3.05, 3.63) is 29.8 Å². The summed E-state index contributed by atoms with van der Waals surface area (Å²) in [6, 6.07) is 8.61. The Labute approximate surface area is 134 Å². The van der Waals surface area contributed by atoms with Gasteiger partial charge < -0.3 is 10.1 Å². The van der Waals surface area contributed by atoms with Crippen LogP contribution in [0.25, 0.3) is 0 Å². The highest BCUT2D eigenvalue weighted by molar-refractivity contribution is 5.28. The SMILES string of the molecule is c1cc(CN2CCNCC2)cc(OCCN2CCCCC2)c1. The van der Waals surface area contributed by atoms with Crippen LogP contribution < -0.4 is 10.1 Å². The van der Waals surface area contributed by atoms with E-state index in [1.165, 1.54) is 37.9 Å². The topological polar surface area (TPSA) is 27.7 Å². The van der Waals surface area contributed by atoms with Crippen molar-refractivity contribution in [2.75, 3.05) is 52.4 Å². The van der Waals surface area contributed by atoms with E-state index in [9.17, 15) is 0 Å². The predicted octanol–water partition coefficient (Wildman–Crippen LogP) is 1.96. The van der Waals surface area contributed by atoms with Gasteiger partial charge in [-0.15, -0.1) is 0 Å². The van der Waals surface area contributed by atoms with Crippen LogP contribution >= 0.6 is 0 Å². The average molecular weight is 303 g/mol. The second-order valence-corrected chi connectivity index (χ2v) is 6.42.